The second-order valence-electron chi connectivity index (χ2n) is 24.7. The lowest BCUT2D eigenvalue weighted by Gasteiger charge is -2.30. The van der Waals surface area contributed by atoms with Crippen LogP contribution in [0.4, 0.5) is 0 Å². The molecule has 0 radical (unpaired) electrons. The van der Waals surface area contributed by atoms with Gasteiger partial charge >= 0.3 is 5.97 Å². The van der Waals surface area contributed by atoms with Crippen LogP contribution in [0.5, 0.6) is 0 Å². The van der Waals surface area contributed by atoms with Crippen molar-refractivity contribution in [3.8, 4) is 0 Å². The summed E-state index contributed by atoms with van der Waals surface area (Å²) < 4.78 is 30.4. The van der Waals surface area contributed by atoms with Crippen molar-refractivity contribution in [2.24, 2.45) is 0 Å². The molecule has 1 amide bonds. The molecule has 0 heterocycles. The van der Waals surface area contributed by atoms with Gasteiger partial charge in [0.15, 0.2) is 0 Å². The number of amides is 1. The summed E-state index contributed by atoms with van der Waals surface area (Å²) in [6.07, 6.45) is 72.6. The largest absolute Gasteiger partial charge is 0.756 e. The minimum Gasteiger partial charge on any atom is -0.756 e. The predicted molar refractivity (Wildman–Crippen MR) is 340 cm³/mol. The first kappa shape index (κ1) is 77.2. The fourth-order valence-corrected chi connectivity index (χ4v) is 11.0. The summed E-state index contributed by atoms with van der Waals surface area (Å²) in [5, 5.41) is 3.04. The van der Waals surface area contributed by atoms with Gasteiger partial charge in [0.05, 0.1) is 33.8 Å². The summed E-state index contributed by atoms with van der Waals surface area (Å²) in [4.78, 5) is 40.1. The Morgan fingerprint density at radius 3 is 1.16 bits per heavy atom. The van der Waals surface area contributed by atoms with Crippen LogP contribution in [0, 0.1) is 0 Å². The Hall–Kier alpha value is -1.77. The van der Waals surface area contributed by atoms with Crippen LogP contribution in [-0.4, -0.2) is 69.4 Å². The van der Waals surface area contributed by atoms with E-state index < -0.39 is 20.0 Å². The van der Waals surface area contributed by atoms with E-state index in [1.807, 2.05) is 33.3 Å². The average molecular weight is 1130 g/mol. The van der Waals surface area contributed by atoms with Crippen molar-refractivity contribution in [3.05, 3.63) is 36.5 Å². The van der Waals surface area contributed by atoms with E-state index >= 15 is 0 Å². The van der Waals surface area contributed by atoms with Gasteiger partial charge in [-0.15, -0.1) is 0 Å². The molecule has 3 unspecified atom stereocenters. The van der Waals surface area contributed by atoms with Gasteiger partial charge in [0.1, 0.15) is 19.3 Å². The Kier molecular flexibility index (Phi) is 58.1. The van der Waals surface area contributed by atoms with Gasteiger partial charge in [-0.2, -0.15) is 0 Å². The number of unbranched alkanes of at least 4 members (excludes halogenated alkanes) is 43. The van der Waals surface area contributed by atoms with Crippen LogP contribution >= 0.6 is 7.82 Å². The SMILES string of the molecule is CCCCC/C=C\C/C=C\CCCCCCCCCC(=O)OC(/C=C/CCCCCCCCCCCCC)C(COP(=O)([O-])OCC[N+](C)(C)C)NC(=O)CCCCCCCCCCCCCCCCCCCCCCCCC. The van der Waals surface area contributed by atoms with Crippen molar-refractivity contribution in [3.63, 3.8) is 0 Å². The fraction of sp³-hybridized carbons (Fsp3) is 0.884. The third-order valence-corrected chi connectivity index (χ3v) is 16.5. The number of quaternary nitrogens is 1. The number of carbonyl (C=O) groups is 2. The number of ether oxygens (including phenoxy) is 1. The summed E-state index contributed by atoms with van der Waals surface area (Å²) in [7, 11) is 1.20. The van der Waals surface area contributed by atoms with Crippen LogP contribution in [0.15, 0.2) is 36.5 Å². The van der Waals surface area contributed by atoms with E-state index in [4.69, 9.17) is 13.8 Å². The van der Waals surface area contributed by atoms with Crippen molar-refractivity contribution in [2.45, 2.75) is 354 Å². The molecular weight excluding hydrogens is 1000 g/mol. The molecule has 0 spiro atoms. The van der Waals surface area contributed by atoms with Crippen LogP contribution < -0.4 is 10.2 Å². The van der Waals surface area contributed by atoms with Crippen LogP contribution in [0.1, 0.15) is 342 Å². The van der Waals surface area contributed by atoms with Gasteiger partial charge in [0.25, 0.3) is 7.82 Å². The molecule has 0 aliphatic carbocycles. The Balaban J connectivity index is 5.12. The highest BCUT2D eigenvalue weighted by atomic mass is 31.2. The number of hydrogen-bond donors (Lipinski definition) is 1. The van der Waals surface area contributed by atoms with Crippen molar-refractivity contribution < 1.29 is 37.3 Å². The maximum absolute atomic E-state index is 13.6. The summed E-state index contributed by atoms with van der Waals surface area (Å²) >= 11 is 0. The summed E-state index contributed by atoms with van der Waals surface area (Å²) in [5.41, 5.74) is 0. The first-order chi connectivity index (χ1) is 38.4. The van der Waals surface area contributed by atoms with E-state index in [-0.39, 0.29) is 31.5 Å². The smallest absolute Gasteiger partial charge is 0.306 e. The average Bonchev–Trinajstić information content (AvgIpc) is 3.41. The first-order valence-corrected chi connectivity index (χ1v) is 35.8. The zero-order valence-electron chi connectivity index (χ0n) is 53.3. The Morgan fingerprint density at radius 1 is 0.443 bits per heavy atom. The molecule has 0 aliphatic rings. The Morgan fingerprint density at radius 2 is 0.772 bits per heavy atom. The molecule has 0 saturated heterocycles. The van der Waals surface area contributed by atoms with E-state index in [2.05, 4.69) is 50.4 Å². The number of nitrogens with one attached hydrogen (secondary N) is 1. The number of hydrogen-bond acceptors (Lipinski definition) is 7. The number of phosphoric acid groups is 1. The lowest BCUT2D eigenvalue weighted by atomic mass is 10.0. The van der Waals surface area contributed by atoms with E-state index in [0.717, 1.165) is 77.0 Å². The Labute approximate surface area is 491 Å². The molecule has 0 aliphatic heterocycles. The minimum absolute atomic E-state index is 0.0210. The van der Waals surface area contributed by atoms with E-state index in [0.29, 0.717) is 17.4 Å². The third-order valence-electron chi connectivity index (χ3n) is 15.6. The molecular formula is C69H133N2O7P. The zero-order chi connectivity index (χ0) is 57.9. The maximum Gasteiger partial charge on any atom is 0.306 e. The third kappa shape index (κ3) is 60.6. The van der Waals surface area contributed by atoms with Gasteiger partial charge < -0.3 is 28.5 Å². The van der Waals surface area contributed by atoms with Gasteiger partial charge in [-0.25, -0.2) is 0 Å². The van der Waals surface area contributed by atoms with Gasteiger partial charge in [-0.3, -0.25) is 14.2 Å². The molecule has 0 bridgehead atoms. The van der Waals surface area contributed by atoms with Gasteiger partial charge in [-0.1, -0.05) is 302 Å². The Bertz CT molecular complexity index is 1450. The highest BCUT2D eigenvalue weighted by Gasteiger charge is 2.27. The number of carbonyl (C=O) groups excluding carboxylic acids is 2. The zero-order valence-corrected chi connectivity index (χ0v) is 54.2. The molecule has 9 nitrogen and oxygen atoms in total. The molecule has 466 valence electrons. The second kappa shape index (κ2) is 59.4. The lowest BCUT2D eigenvalue weighted by molar-refractivity contribution is -0.870. The number of allylic oxidation sites excluding steroid dienone is 5. The second-order valence-corrected chi connectivity index (χ2v) is 26.1. The van der Waals surface area contributed by atoms with Crippen LogP contribution in [0.2, 0.25) is 0 Å². The minimum atomic E-state index is -4.70. The van der Waals surface area contributed by atoms with Crippen LogP contribution in [0.25, 0.3) is 0 Å². The lowest BCUT2D eigenvalue weighted by Crippen LogP contribution is -2.47. The summed E-state index contributed by atoms with van der Waals surface area (Å²) in [6.45, 7) is 6.87. The van der Waals surface area contributed by atoms with E-state index in [9.17, 15) is 19.0 Å². The molecule has 0 saturated carbocycles. The van der Waals surface area contributed by atoms with Crippen molar-refractivity contribution >= 4 is 19.7 Å². The molecule has 0 rings (SSSR count). The molecule has 0 fully saturated rings. The predicted octanol–water partition coefficient (Wildman–Crippen LogP) is 20.8. The summed E-state index contributed by atoms with van der Waals surface area (Å²) in [5.74, 6) is -0.532. The normalized spacial score (nSPS) is 13.8. The number of likely N-dealkylation sites (N-methyl/N-ethyl adjacent to an activating group) is 1. The number of phosphoric ester groups is 1. The van der Waals surface area contributed by atoms with Crippen molar-refractivity contribution in [1.29, 1.82) is 0 Å². The van der Waals surface area contributed by atoms with Gasteiger partial charge in [-0.05, 0) is 63.9 Å². The number of nitrogens with zero attached hydrogens (tertiary/aromatic N) is 1. The van der Waals surface area contributed by atoms with Crippen LogP contribution in [0.3, 0.4) is 0 Å². The molecule has 1 N–H and O–H groups in total. The monoisotopic (exact) mass is 1130 g/mol. The molecule has 10 heteroatoms. The highest BCUT2D eigenvalue weighted by Crippen LogP contribution is 2.38. The topological polar surface area (TPSA) is 114 Å². The fourth-order valence-electron chi connectivity index (χ4n) is 10.3. The van der Waals surface area contributed by atoms with Crippen molar-refractivity contribution in [1.82, 2.24) is 5.32 Å². The standard InChI is InChI=1S/C69H133N2O7P/c1-7-10-13-16-19-22-25-28-30-32-33-34-35-36-37-39-40-43-46-49-52-55-58-61-68(72)70-66(65-77-79(74,75)76-64-63-71(4,5)6)67(60-57-54-51-48-45-42-27-24-21-18-15-12-9-3)78-69(73)62-59-56-53-50-47-44-41-38-31-29-26-23-20-17-14-11-8-2/h20,23,29,31,57,60,66-67H,7-19,21-22,24-28,30,32-56,58-59,61-65H2,1-6H3,(H-,70,72,74,75)/b23-20-,31-29-,60-57+. The van der Waals surface area contributed by atoms with E-state index in [1.165, 1.54) is 231 Å². The van der Waals surface area contributed by atoms with Gasteiger partial charge in [0, 0.05) is 12.8 Å². The maximum atomic E-state index is 13.6. The molecule has 79 heavy (non-hydrogen) atoms. The molecule has 0 aromatic heterocycles. The highest BCUT2D eigenvalue weighted by molar-refractivity contribution is 7.45. The first-order valence-electron chi connectivity index (χ1n) is 34.3. The number of esters is 1. The van der Waals surface area contributed by atoms with Crippen LogP contribution in [-0.2, 0) is 27.9 Å². The van der Waals surface area contributed by atoms with E-state index in [1.54, 1.807) is 0 Å². The molecule has 3 atom stereocenters. The van der Waals surface area contributed by atoms with Gasteiger partial charge in [0.2, 0.25) is 5.91 Å². The summed E-state index contributed by atoms with van der Waals surface area (Å²) in [6, 6.07) is -0.888. The number of rotatable bonds is 63. The van der Waals surface area contributed by atoms with Crippen molar-refractivity contribution in [2.75, 3.05) is 40.9 Å². The molecule has 0 aromatic carbocycles. The quantitative estimate of drug-likeness (QED) is 0.0212. The molecule has 0 aromatic rings.